The quantitative estimate of drug-likeness (QED) is 0.480. The number of benzene rings is 1. The number of esters is 1. The Morgan fingerprint density at radius 1 is 1.30 bits per heavy atom. The maximum atomic E-state index is 12.2. The standard InChI is InChI=1S/C16H16O4/c1-19-14-6-3-12(4-7-14)15(18)20-16(10-17)9-11-2-5-13(16)8-11/h2-7,10-11,13H,8-9H2,1H3/t11-,13+,16+/m0/s1. The van der Waals surface area contributed by atoms with Crippen LogP contribution in [0.25, 0.3) is 0 Å². The molecule has 1 fully saturated rings. The predicted octanol–water partition coefficient (Wildman–Crippen LogP) is 2.39. The zero-order valence-corrected chi connectivity index (χ0v) is 11.2. The van der Waals surface area contributed by atoms with Crippen molar-refractivity contribution in [2.75, 3.05) is 7.11 Å². The van der Waals surface area contributed by atoms with Crippen molar-refractivity contribution in [1.82, 2.24) is 0 Å². The molecule has 0 saturated heterocycles. The Kier molecular flexibility index (Phi) is 3.08. The first-order chi connectivity index (χ1) is 9.66. The minimum Gasteiger partial charge on any atom is -0.497 e. The Labute approximate surface area is 117 Å². The number of allylic oxidation sites excluding steroid dienone is 1. The van der Waals surface area contributed by atoms with Crippen molar-refractivity contribution in [3.63, 3.8) is 0 Å². The highest BCUT2D eigenvalue weighted by atomic mass is 16.6. The number of hydrogen-bond acceptors (Lipinski definition) is 4. The highest BCUT2D eigenvalue weighted by Crippen LogP contribution is 2.47. The lowest BCUT2D eigenvalue weighted by atomic mass is 9.89. The molecule has 0 radical (unpaired) electrons. The topological polar surface area (TPSA) is 52.6 Å². The monoisotopic (exact) mass is 272 g/mol. The highest BCUT2D eigenvalue weighted by Gasteiger charge is 2.51. The summed E-state index contributed by atoms with van der Waals surface area (Å²) in [5.74, 6) is 0.594. The Morgan fingerprint density at radius 3 is 2.55 bits per heavy atom. The summed E-state index contributed by atoms with van der Waals surface area (Å²) >= 11 is 0. The Morgan fingerprint density at radius 2 is 2.05 bits per heavy atom. The summed E-state index contributed by atoms with van der Waals surface area (Å²) in [6, 6.07) is 6.68. The van der Waals surface area contributed by atoms with Crippen LogP contribution in [0.3, 0.4) is 0 Å². The number of methoxy groups -OCH3 is 1. The molecule has 0 unspecified atom stereocenters. The van der Waals surface area contributed by atoms with E-state index in [1.54, 1.807) is 31.4 Å². The van der Waals surface area contributed by atoms with Gasteiger partial charge < -0.3 is 9.47 Å². The summed E-state index contributed by atoms with van der Waals surface area (Å²) < 4.78 is 10.6. The zero-order chi connectivity index (χ0) is 14.2. The van der Waals surface area contributed by atoms with E-state index in [4.69, 9.17) is 9.47 Å². The minimum absolute atomic E-state index is 0.0206. The molecule has 4 nitrogen and oxygen atoms in total. The molecule has 2 bridgehead atoms. The molecule has 2 aliphatic rings. The van der Waals surface area contributed by atoms with Crippen LogP contribution >= 0.6 is 0 Å². The van der Waals surface area contributed by atoms with Gasteiger partial charge in [0.15, 0.2) is 11.9 Å². The molecular formula is C16H16O4. The van der Waals surface area contributed by atoms with Crippen molar-refractivity contribution < 1.29 is 19.1 Å². The molecule has 0 amide bonds. The van der Waals surface area contributed by atoms with Gasteiger partial charge in [0.1, 0.15) is 5.75 Å². The Bertz CT molecular complexity index is 560. The van der Waals surface area contributed by atoms with Crippen LogP contribution in [0, 0.1) is 11.8 Å². The Hall–Kier alpha value is -2.10. The van der Waals surface area contributed by atoms with Crippen LogP contribution in [0.1, 0.15) is 23.2 Å². The van der Waals surface area contributed by atoms with E-state index in [9.17, 15) is 9.59 Å². The SMILES string of the molecule is COc1ccc(C(=O)O[C@@]2(C=O)C[C@H]3C=C[C@@H]2C3)cc1. The lowest BCUT2D eigenvalue weighted by Gasteiger charge is -2.29. The van der Waals surface area contributed by atoms with Gasteiger partial charge in [0.25, 0.3) is 0 Å². The van der Waals surface area contributed by atoms with Gasteiger partial charge in [0, 0.05) is 12.3 Å². The molecule has 0 aliphatic heterocycles. The third-order valence-electron chi connectivity index (χ3n) is 4.19. The molecular weight excluding hydrogens is 256 g/mol. The summed E-state index contributed by atoms with van der Waals surface area (Å²) in [5, 5.41) is 0. The van der Waals surface area contributed by atoms with Crippen LogP contribution in [-0.2, 0) is 9.53 Å². The first kappa shape index (κ1) is 12.9. The normalized spacial score (nSPS) is 30.2. The van der Waals surface area contributed by atoms with Crippen molar-refractivity contribution in [1.29, 1.82) is 0 Å². The van der Waals surface area contributed by atoms with Gasteiger partial charge in [-0.25, -0.2) is 4.79 Å². The van der Waals surface area contributed by atoms with Gasteiger partial charge in [-0.1, -0.05) is 12.2 Å². The van der Waals surface area contributed by atoms with Crippen LogP contribution < -0.4 is 4.74 Å². The van der Waals surface area contributed by atoms with Crippen molar-refractivity contribution in [2.45, 2.75) is 18.4 Å². The largest absolute Gasteiger partial charge is 0.497 e. The summed E-state index contributed by atoms with van der Waals surface area (Å²) in [6.45, 7) is 0. The third-order valence-corrected chi connectivity index (χ3v) is 4.19. The molecule has 20 heavy (non-hydrogen) atoms. The average molecular weight is 272 g/mol. The first-order valence-corrected chi connectivity index (χ1v) is 6.69. The fraction of sp³-hybridized carbons (Fsp3) is 0.375. The average Bonchev–Trinajstić information content (AvgIpc) is 3.08. The third kappa shape index (κ3) is 2.01. The molecule has 1 saturated carbocycles. The first-order valence-electron chi connectivity index (χ1n) is 6.69. The van der Waals surface area contributed by atoms with E-state index in [2.05, 4.69) is 6.08 Å². The van der Waals surface area contributed by atoms with Gasteiger partial charge in [-0.15, -0.1) is 0 Å². The van der Waals surface area contributed by atoms with Gasteiger partial charge in [-0.05, 0) is 36.6 Å². The number of carbonyl (C=O) groups excluding carboxylic acids is 2. The number of ether oxygens (including phenoxy) is 2. The fourth-order valence-corrected chi connectivity index (χ4v) is 3.08. The molecule has 4 heteroatoms. The fourth-order valence-electron chi connectivity index (χ4n) is 3.08. The lowest BCUT2D eigenvalue weighted by molar-refractivity contribution is -0.127. The molecule has 1 aromatic carbocycles. The van der Waals surface area contributed by atoms with E-state index in [0.29, 0.717) is 23.7 Å². The van der Waals surface area contributed by atoms with E-state index in [1.165, 1.54) is 0 Å². The molecule has 1 aromatic rings. The molecule has 0 N–H and O–H groups in total. The van der Waals surface area contributed by atoms with E-state index in [1.807, 2.05) is 6.08 Å². The molecule has 104 valence electrons. The van der Waals surface area contributed by atoms with E-state index < -0.39 is 11.6 Å². The van der Waals surface area contributed by atoms with E-state index in [0.717, 1.165) is 12.7 Å². The second kappa shape index (κ2) is 4.78. The minimum atomic E-state index is -0.976. The number of aldehydes is 1. The van der Waals surface area contributed by atoms with Crippen LogP contribution in [0.5, 0.6) is 5.75 Å². The van der Waals surface area contributed by atoms with E-state index >= 15 is 0 Å². The number of fused-ring (bicyclic) bond motifs is 2. The maximum Gasteiger partial charge on any atom is 0.339 e. The molecule has 0 aromatic heterocycles. The lowest BCUT2D eigenvalue weighted by Crippen LogP contribution is -2.40. The molecule has 3 atom stereocenters. The summed E-state index contributed by atoms with van der Waals surface area (Å²) in [6.07, 6.45) is 6.38. The van der Waals surface area contributed by atoms with Gasteiger partial charge in [-0.2, -0.15) is 0 Å². The molecule has 0 heterocycles. The number of carbonyl (C=O) groups is 2. The van der Waals surface area contributed by atoms with Crippen molar-refractivity contribution >= 4 is 12.3 Å². The smallest absolute Gasteiger partial charge is 0.339 e. The van der Waals surface area contributed by atoms with Crippen molar-refractivity contribution in [3.8, 4) is 5.75 Å². The Balaban J connectivity index is 1.77. The number of hydrogen-bond donors (Lipinski definition) is 0. The summed E-state index contributed by atoms with van der Waals surface area (Å²) in [4.78, 5) is 23.6. The summed E-state index contributed by atoms with van der Waals surface area (Å²) in [5.41, 5.74) is -0.546. The maximum absolute atomic E-state index is 12.2. The zero-order valence-electron chi connectivity index (χ0n) is 11.2. The molecule has 3 rings (SSSR count). The van der Waals surface area contributed by atoms with Crippen LogP contribution in [-0.4, -0.2) is 25.0 Å². The van der Waals surface area contributed by atoms with Gasteiger partial charge in [0.2, 0.25) is 0 Å². The van der Waals surface area contributed by atoms with Crippen LogP contribution in [0.2, 0.25) is 0 Å². The van der Waals surface area contributed by atoms with Crippen molar-refractivity contribution in [3.05, 3.63) is 42.0 Å². The second-order valence-corrected chi connectivity index (χ2v) is 5.38. The van der Waals surface area contributed by atoms with Gasteiger partial charge in [-0.3, -0.25) is 4.79 Å². The van der Waals surface area contributed by atoms with Crippen LogP contribution in [0.15, 0.2) is 36.4 Å². The van der Waals surface area contributed by atoms with Crippen molar-refractivity contribution in [2.24, 2.45) is 11.8 Å². The summed E-state index contributed by atoms with van der Waals surface area (Å²) in [7, 11) is 1.57. The second-order valence-electron chi connectivity index (χ2n) is 5.38. The van der Waals surface area contributed by atoms with E-state index in [-0.39, 0.29) is 5.92 Å². The highest BCUT2D eigenvalue weighted by molar-refractivity contribution is 5.91. The molecule has 2 aliphatic carbocycles. The number of rotatable bonds is 4. The molecule has 0 spiro atoms. The predicted molar refractivity (Wildman–Crippen MR) is 72.6 cm³/mol. The van der Waals surface area contributed by atoms with Gasteiger partial charge in [0.05, 0.1) is 12.7 Å². The van der Waals surface area contributed by atoms with Crippen LogP contribution in [0.4, 0.5) is 0 Å². The van der Waals surface area contributed by atoms with Gasteiger partial charge >= 0.3 is 5.97 Å².